The molecule has 2 aromatic rings. The zero-order chi connectivity index (χ0) is 23.0. The fourth-order valence-corrected chi connectivity index (χ4v) is 6.54. The second-order valence-corrected chi connectivity index (χ2v) is 12.7. The van der Waals surface area contributed by atoms with Gasteiger partial charge < -0.3 is 0 Å². The van der Waals surface area contributed by atoms with Crippen molar-refractivity contribution in [3.05, 3.63) is 42.5 Å². The summed E-state index contributed by atoms with van der Waals surface area (Å²) < 4.78 is 52.9. The molecule has 1 fully saturated rings. The van der Waals surface area contributed by atoms with Crippen molar-refractivity contribution < 1.29 is 21.6 Å². The number of nitrogens with zero attached hydrogens (tertiary/aromatic N) is 2. The molecule has 0 radical (unpaired) electrons. The summed E-state index contributed by atoms with van der Waals surface area (Å²) in [6, 6.07) is 11.1. The van der Waals surface area contributed by atoms with Crippen LogP contribution in [0.2, 0.25) is 0 Å². The molecule has 0 spiro atoms. The third-order valence-electron chi connectivity index (χ3n) is 5.03. The summed E-state index contributed by atoms with van der Waals surface area (Å²) in [6.07, 6.45) is 1.18. The molecule has 1 aliphatic heterocycles. The van der Waals surface area contributed by atoms with E-state index in [0.29, 0.717) is 0 Å². The van der Waals surface area contributed by atoms with Crippen molar-refractivity contribution in [2.75, 3.05) is 19.3 Å². The Kier molecular flexibility index (Phi) is 7.02. The number of sulfonamides is 2. The van der Waals surface area contributed by atoms with E-state index in [2.05, 4.69) is 18.1 Å². The second kappa shape index (κ2) is 9.07. The van der Waals surface area contributed by atoms with Crippen LogP contribution >= 0.6 is 12.6 Å². The van der Waals surface area contributed by atoms with Crippen molar-refractivity contribution in [2.24, 2.45) is 5.92 Å². The predicted molar refractivity (Wildman–Crippen MR) is 124 cm³/mol. The number of hydrogen-bond donors (Lipinski definition) is 2. The monoisotopic (exact) mass is 485 g/mol. The van der Waals surface area contributed by atoms with Gasteiger partial charge >= 0.3 is 0 Å². The molecule has 1 saturated heterocycles. The van der Waals surface area contributed by atoms with E-state index < -0.39 is 32.0 Å². The van der Waals surface area contributed by atoms with Crippen molar-refractivity contribution in [3.63, 3.8) is 0 Å². The van der Waals surface area contributed by atoms with E-state index in [1.165, 1.54) is 6.07 Å². The number of fused-ring (bicyclic) bond motifs is 1. The molecule has 1 heterocycles. The quantitative estimate of drug-likeness (QED) is 0.460. The maximum absolute atomic E-state index is 13.4. The lowest BCUT2D eigenvalue weighted by Crippen LogP contribution is -2.54. The van der Waals surface area contributed by atoms with Crippen LogP contribution in [0.15, 0.2) is 47.4 Å². The van der Waals surface area contributed by atoms with Crippen LogP contribution in [0.4, 0.5) is 0 Å². The predicted octanol–water partition coefficient (Wildman–Crippen LogP) is 1.85. The third-order valence-corrected chi connectivity index (χ3v) is 8.32. The molecule has 11 heteroatoms. The summed E-state index contributed by atoms with van der Waals surface area (Å²) in [6.45, 7) is 3.78. The van der Waals surface area contributed by atoms with Gasteiger partial charge in [-0.2, -0.15) is 16.9 Å². The zero-order valence-electron chi connectivity index (χ0n) is 17.6. The van der Waals surface area contributed by atoms with E-state index in [4.69, 9.17) is 0 Å². The fourth-order valence-electron chi connectivity index (χ4n) is 3.54. The summed E-state index contributed by atoms with van der Waals surface area (Å²) in [5, 5.41) is 1.33. The van der Waals surface area contributed by atoms with Gasteiger partial charge in [0.1, 0.15) is 6.04 Å². The fraction of sp³-hybridized carbons (Fsp3) is 0.450. The van der Waals surface area contributed by atoms with E-state index in [1.807, 2.05) is 38.1 Å². The SMILES string of the molecule is CC(C)CN(NC(=O)[C@@H]1C[C@@H](S)CN1S(=O)(=O)c1ccc2ccccc2c1)S(C)(=O)=O. The minimum absolute atomic E-state index is 0.0336. The average molecular weight is 486 g/mol. The third kappa shape index (κ3) is 5.40. The highest BCUT2D eigenvalue weighted by Gasteiger charge is 2.43. The van der Waals surface area contributed by atoms with Gasteiger partial charge in [0.05, 0.1) is 11.2 Å². The van der Waals surface area contributed by atoms with Crippen molar-refractivity contribution in [1.29, 1.82) is 0 Å². The number of benzene rings is 2. The van der Waals surface area contributed by atoms with Gasteiger partial charge in [-0.25, -0.2) is 16.8 Å². The zero-order valence-corrected chi connectivity index (χ0v) is 20.1. The number of thiol groups is 1. The van der Waals surface area contributed by atoms with Crippen LogP contribution in [-0.2, 0) is 24.8 Å². The number of amides is 1. The molecular formula is C20H27N3O5S3. The largest absolute Gasteiger partial charge is 0.274 e. The van der Waals surface area contributed by atoms with E-state index in [-0.39, 0.29) is 35.6 Å². The van der Waals surface area contributed by atoms with Crippen LogP contribution in [0.1, 0.15) is 20.3 Å². The molecule has 2 atom stereocenters. The molecule has 31 heavy (non-hydrogen) atoms. The minimum Gasteiger partial charge on any atom is -0.274 e. The van der Waals surface area contributed by atoms with Gasteiger partial charge in [-0.3, -0.25) is 10.2 Å². The Balaban J connectivity index is 1.91. The van der Waals surface area contributed by atoms with Crippen molar-refractivity contribution >= 4 is 49.4 Å². The van der Waals surface area contributed by atoms with E-state index >= 15 is 0 Å². The summed E-state index contributed by atoms with van der Waals surface area (Å²) in [4.78, 5) is 13.1. The molecule has 0 unspecified atom stereocenters. The molecule has 1 amide bonds. The molecule has 1 N–H and O–H groups in total. The number of rotatable bonds is 7. The number of nitrogens with one attached hydrogen (secondary N) is 1. The highest BCUT2D eigenvalue weighted by molar-refractivity contribution is 7.89. The number of carbonyl (C=O) groups is 1. The first-order valence-electron chi connectivity index (χ1n) is 9.86. The van der Waals surface area contributed by atoms with Gasteiger partial charge in [-0.05, 0) is 35.2 Å². The molecule has 0 aliphatic carbocycles. The maximum Gasteiger partial charge on any atom is 0.253 e. The van der Waals surface area contributed by atoms with Gasteiger partial charge in [0, 0.05) is 18.3 Å². The molecular weight excluding hydrogens is 458 g/mol. The Bertz CT molecular complexity index is 1180. The summed E-state index contributed by atoms with van der Waals surface area (Å²) in [5.41, 5.74) is 2.40. The first-order chi connectivity index (χ1) is 14.4. The Labute approximate surface area is 189 Å². The van der Waals surface area contributed by atoms with Crippen molar-refractivity contribution in [1.82, 2.24) is 14.1 Å². The Morgan fingerprint density at radius 3 is 2.42 bits per heavy atom. The summed E-state index contributed by atoms with van der Waals surface area (Å²) >= 11 is 4.39. The van der Waals surface area contributed by atoms with Crippen molar-refractivity contribution in [2.45, 2.75) is 36.5 Å². The molecule has 0 aromatic heterocycles. The van der Waals surface area contributed by atoms with Gasteiger partial charge in [0.15, 0.2) is 0 Å². The highest BCUT2D eigenvalue weighted by Crippen LogP contribution is 2.30. The summed E-state index contributed by atoms with van der Waals surface area (Å²) in [7, 11) is -7.71. The normalized spacial score (nSPS) is 20.6. The second-order valence-electron chi connectivity index (χ2n) is 8.15. The lowest BCUT2D eigenvalue weighted by atomic mass is 10.1. The molecule has 170 valence electrons. The van der Waals surface area contributed by atoms with Gasteiger partial charge in [-0.1, -0.05) is 44.2 Å². The Hall–Kier alpha value is -1.66. The maximum atomic E-state index is 13.4. The standard InChI is InChI=1S/C20H27N3O5S3/c1-14(2)12-23(30(3,25)26)21-20(24)19-11-17(29)13-22(19)31(27,28)18-9-8-15-6-4-5-7-16(15)10-18/h4-10,14,17,19,29H,11-13H2,1-3H3,(H,21,24)/t17-,19+/m1/s1. The minimum atomic E-state index is -4.00. The Morgan fingerprint density at radius 2 is 1.81 bits per heavy atom. The molecule has 1 aliphatic rings. The number of hydrazine groups is 1. The lowest BCUT2D eigenvalue weighted by Gasteiger charge is -2.27. The smallest absolute Gasteiger partial charge is 0.253 e. The van der Waals surface area contributed by atoms with E-state index in [9.17, 15) is 21.6 Å². The van der Waals surface area contributed by atoms with E-state index in [0.717, 1.165) is 25.7 Å². The van der Waals surface area contributed by atoms with Crippen molar-refractivity contribution in [3.8, 4) is 0 Å². The molecule has 8 nitrogen and oxygen atoms in total. The average Bonchev–Trinajstić information content (AvgIpc) is 3.08. The van der Waals surface area contributed by atoms with Crippen LogP contribution < -0.4 is 5.43 Å². The molecule has 2 aromatic carbocycles. The first-order valence-corrected chi connectivity index (χ1v) is 13.7. The summed E-state index contributed by atoms with van der Waals surface area (Å²) in [5.74, 6) is -0.722. The molecule has 0 saturated carbocycles. The molecule has 0 bridgehead atoms. The van der Waals surface area contributed by atoms with Crippen LogP contribution in [-0.4, -0.2) is 62.1 Å². The Morgan fingerprint density at radius 1 is 1.16 bits per heavy atom. The van der Waals surface area contributed by atoms with Crippen LogP contribution in [0.5, 0.6) is 0 Å². The van der Waals surface area contributed by atoms with Gasteiger partial charge in [0.2, 0.25) is 20.0 Å². The first kappa shape index (κ1) is 24.0. The van der Waals surface area contributed by atoms with Gasteiger partial charge in [0.25, 0.3) is 5.91 Å². The topological polar surface area (TPSA) is 104 Å². The number of carbonyl (C=O) groups excluding carboxylic acids is 1. The number of hydrogen-bond acceptors (Lipinski definition) is 6. The highest BCUT2D eigenvalue weighted by atomic mass is 32.2. The van der Waals surface area contributed by atoms with Crippen LogP contribution in [0.25, 0.3) is 10.8 Å². The van der Waals surface area contributed by atoms with Crippen LogP contribution in [0, 0.1) is 5.92 Å². The van der Waals surface area contributed by atoms with Crippen LogP contribution in [0.3, 0.4) is 0 Å². The van der Waals surface area contributed by atoms with E-state index in [1.54, 1.807) is 12.1 Å². The molecule has 3 rings (SSSR count). The lowest BCUT2D eigenvalue weighted by molar-refractivity contribution is -0.127. The van der Waals surface area contributed by atoms with Gasteiger partial charge in [-0.15, -0.1) is 4.41 Å².